The molecule has 110 valence electrons. The lowest BCUT2D eigenvalue weighted by molar-refractivity contribution is -0.121. The first kappa shape index (κ1) is 15.5. The van der Waals surface area contributed by atoms with Crippen molar-refractivity contribution in [2.45, 2.75) is 12.8 Å². The molecule has 1 aliphatic rings. The maximum Gasteiger partial charge on any atom is 0.220 e. The molecule has 1 aliphatic heterocycles. The molecule has 5 heteroatoms. The van der Waals surface area contributed by atoms with Gasteiger partial charge in [-0.25, -0.2) is 0 Å². The first-order chi connectivity index (χ1) is 9.74. The Balaban J connectivity index is 1.60. The largest absolute Gasteiger partial charge is 0.355 e. The SMILES string of the molecule is O=C(CCc1cccc(Br)c1)NCCN1CCNCC1. The van der Waals surface area contributed by atoms with Crippen LogP contribution in [0.25, 0.3) is 0 Å². The molecule has 0 unspecified atom stereocenters. The number of carbonyl (C=O) groups excluding carboxylic acids is 1. The number of nitrogens with zero attached hydrogens (tertiary/aromatic N) is 1. The second-order valence-electron chi connectivity index (χ2n) is 5.07. The van der Waals surface area contributed by atoms with E-state index in [4.69, 9.17) is 0 Å². The van der Waals surface area contributed by atoms with E-state index in [9.17, 15) is 4.79 Å². The van der Waals surface area contributed by atoms with Gasteiger partial charge in [0.1, 0.15) is 0 Å². The summed E-state index contributed by atoms with van der Waals surface area (Å²) in [5.74, 6) is 0.139. The van der Waals surface area contributed by atoms with Crippen LogP contribution in [0.2, 0.25) is 0 Å². The Bertz CT molecular complexity index is 433. The summed E-state index contributed by atoms with van der Waals surface area (Å²) >= 11 is 3.44. The third-order valence-corrected chi connectivity index (χ3v) is 3.98. The number of piperazine rings is 1. The maximum absolute atomic E-state index is 11.8. The second-order valence-corrected chi connectivity index (χ2v) is 5.99. The van der Waals surface area contributed by atoms with Gasteiger partial charge in [0.2, 0.25) is 5.91 Å². The fourth-order valence-corrected chi connectivity index (χ4v) is 2.77. The lowest BCUT2D eigenvalue weighted by atomic mass is 10.1. The van der Waals surface area contributed by atoms with E-state index in [1.807, 2.05) is 12.1 Å². The van der Waals surface area contributed by atoms with E-state index in [1.54, 1.807) is 0 Å². The van der Waals surface area contributed by atoms with E-state index in [1.165, 1.54) is 5.56 Å². The lowest BCUT2D eigenvalue weighted by Gasteiger charge is -2.27. The summed E-state index contributed by atoms with van der Waals surface area (Å²) in [5.41, 5.74) is 1.19. The van der Waals surface area contributed by atoms with E-state index < -0.39 is 0 Å². The number of nitrogens with one attached hydrogen (secondary N) is 2. The Morgan fingerprint density at radius 2 is 2.15 bits per heavy atom. The molecular formula is C15H22BrN3O. The normalized spacial score (nSPS) is 16.1. The van der Waals surface area contributed by atoms with Crippen molar-refractivity contribution in [3.05, 3.63) is 34.3 Å². The summed E-state index contributed by atoms with van der Waals surface area (Å²) in [6, 6.07) is 8.12. The molecule has 2 rings (SSSR count). The predicted molar refractivity (Wildman–Crippen MR) is 84.8 cm³/mol. The number of hydrogen-bond donors (Lipinski definition) is 2. The molecule has 2 N–H and O–H groups in total. The molecule has 0 aliphatic carbocycles. The van der Waals surface area contributed by atoms with E-state index >= 15 is 0 Å². The van der Waals surface area contributed by atoms with Crippen LogP contribution in [0.4, 0.5) is 0 Å². The highest BCUT2D eigenvalue weighted by molar-refractivity contribution is 9.10. The Kier molecular flexibility index (Phi) is 6.50. The zero-order chi connectivity index (χ0) is 14.2. The smallest absolute Gasteiger partial charge is 0.220 e. The molecule has 1 aromatic rings. The fourth-order valence-electron chi connectivity index (χ4n) is 2.33. The fraction of sp³-hybridized carbons (Fsp3) is 0.533. The molecule has 0 radical (unpaired) electrons. The zero-order valence-corrected chi connectivity index (χ0v) is 13.3. The molecule has 20 heavy (non-hydrogen) atoms. The van der Waals surface area contributed by atoms with Crippen molar-refractivity contribution in [3.8, 4) is 0 Å². The van der Waals surface area contributed by atoms with Crippen LogP contribution in [-0.4, -0.2) is 50.1 Å². The number of carbonyl (C=O) groups is 1. The zero-order valence-electron chi connectivity index (χ0n) is 11.7. The highest BCUT2D eigenvalue weighted by Crippen LogP contribution is 2.12. The average molecular weight is 340 g/mol. The van der Waals surface area contributed by atoms with Crippen molar-refractivity contribution in [2.75, 3.05) is 39.3 Å². The van der Waals surface area contributed by atoms with Crippen LogP contribution in [0.3, 0.4) is 0 Å². The summed E-state index contributed by atoms with van der Waals surface area (Å²) in [6.07, 6.45) is 1.34. The number of amides is 1. The lowest BCUT2D eigenvalue weighted by Crippen LogP contribution is -2.46. The van der Waals surface area contributed by atoms with Crippen LogP contribution < -0.4 is 10.6 Å². The number of aryl methyl sites for hydroxylation is 1. The van der Waals surface area contributed by atoms with Gasteiger partial charge in [0.25, 0.3) is 0 Å². The quantitative estimate of drug-likeness (QED) is 0.823. The van der Waals surface area contributed by atoms with Gasteiger partial charge in [-0.1, -0.05) is 28.1 Å². The standard InChI is InChI=1S/C15H22BrN3O/c16-14-3-1-2-13(12-14)4-5-15(20)18-8-11-19-9-6-17-7-10-19/h1-3,12,17H,4-11H2,(H,18,20). The third kappa shape index (κ3) is 5.61. The molecule has 1 amide bonds. The Hall–Kier alpha value is -0.910. The monoisotopic (exact) mass is 339 g/mol. The van der Waals surface area contributed by atoms with Gasteiger partial charge >= 0.3 is 0 Å². The maximum atomic E-state index is 11.8. The van der Waals surface area contributed by atoms with Crippen LogP contribution in [0, 0.1) is 0 Å². The van der Waals surface area contributed by atoms with E-state index in [2.05, 4.69) is 43.6 Å². The summed E-state index contributed by atoms with van der Waals surface area (Å²) in [7, 11) is 0. The molecule has 1 saturated heterocycles. The third-order valence-electron chi connectivity index (χ3n) is 3.49. The minimum absolute atomic E-state index is 0.139. The Morgan fingerprint density at radius 3 is 2.90 bits per heavy atom. The van der Waals surface area contributed by atoms with Gasteiger partial charge in [0, 0.05) is 50.2 Å². The van der Waals surface area contributed by atoms with Crippen molar-refractivity contribution < 1.29 is 4.79 Å². The number of benzene rings is 1. The van der Waals surface area contributed by atoms with Crippen molar-refractivity contribution in [1.82, 2.24) is 15.5 Å². The Morgan fingerprint density at radius 1 is 1.35 bits per heavy atom. The molecule has 4 nitrogen and oxygen atoms in total. The van der Waals surface area contributed by atoms with Gasteiger partial charge in [-0.3, -0.25) is 9.69 Å². The first-order valence-corrected chi connectivity index (χ1v) is 7.97. The molecule has 0 bridgehead atoms. The molecule has 0 atom stereocenters. The van der Waals surface area contributed by atoms with Crippen molar-refractivity contribution >= 4 is 21.8 Å². The van der Waals surface area contributed by atoms with E-state index in [-0.39, 0.29) is 5.91 Å². The summed E-state index contributed by atoms with van der Waals surface area (Å²) < 4.78 is 1.06. The van der Waals surface area contributed by atoms with Crippen molar-refractivity contribution in [1.29, 1.82) is 0 Å². The van der Waals surface area contributed by atoms with Crippen molar-refractivity contribution in [3.63, 3.8) is 0 Å². The van der Waals surface area contributed by atoms with Gasteiger partial charge in [0.05, 0.1) is 0 Å². The van der Waals surface area contributed by atoms with Gasteiger partial charge in [-0.05, 0) is 24.1 Å². The summed E-state index contributed by atoms with van der Waals surface area (Å²) in [4.78, 5) is 14.2. The summed E-state index contributed by atoms with van der Waals surface area (Å²) in [5, 5.41) is 6.33. The molecule has 1 fully saturated rings. The number of halogens is 1. The molecule has 1 heterocycles. The van der Waals surface area contributed by atoms with Gasteiger partial charge in [-0.15, -0.1) is 0 Å². The second kappa shape index (κ2) is 8.39. The van der Waals surface area contributed by atoms with E-state index in [0.29, 0.717) is 6.42 Å². The van der Waals surface area contributed by atoms with Crippen LogP contribution in [0.5, 0.6) is 0 Å². The van der Waals surface area contributed by atoms with Gasteiger partial charge in [0.15, 0.2) is 0 Å². The average Bonchev–Trinajstić information content (AvgIpc) is 2.46. The molecule has 0 saturated carbocycles. The predicted octanol–water partition coefficient (Wildman–Crippen LogP) is 1.40. The van der Waals surface area contributed by atoms with Crippen LogP contribution >= 0.6 is 15.9 Å². The Labute approximate surface area is 129 Å². The number of hydrogen-bond acceptors (Lipinski definition) is 3. The van der Waals surface area contributed by atoms with E-state index in [0.717, 1.165) is 50.2 Å². The highest BCUT2D eigenvalue weighted by atomic mass is 79.9. The number of rotatable bonds is 6. The van der Waals surface area contributed by atoms with Crippen LogP contribution in [-0.2, 0) is 11.2 Å². The minimum Gasteiger partial charge on any atom is -0.355 e. The van der Waals surface area contributed by atoms with Gasteiger partial charge in [-0.2, -0.15) is 0 Å². The highest BCUT2D eigenvalue weighted by Gasteiger charge is 2.09. The molecule has 0 spiro atoms. The van der Waals surface area contributed by atoms with Crippen LogP contribution in [0.15, 0.2) is 28.7 Å². The minimum atomic E-state index is 0.139. The van der Waals surface area contributed by atoms with Gasteiger partial charge < -0.3 is 10.6 Å². The summed E-state index contributed by atoms with van der Waals surface area (Å²) in [6.45, 7) is 5.96. The molecular weight excluding hydrogens is 318 g/mol. The van der Waals surface area contributed by atoms with Crippen molar-refractivity contribution in [2.24, 2.45) is 0 Å². The van der Waals surface area contributed by atoms with Crippen LogP contribution in [0.1, 0.15) is 12.0 Å². The molecule has 0 aromatic heterocycles. The molecule has 1 aromatic carbocycles. The topological polar surface area (TPSA) is 44.4 Å². The first-order valence-electron chi connectivity index (χ1n) is 7.18.